The maximum Gasteiger partial charge on any atom is 0.407 e. The fourth-order valence-corrected chi connectivity index (χ4v) is 5.18. The van der Waals surface area contributed by atoms with Crippen LogP contribution in [0.25, 0.3) is 0 Å². The molecule has 174 valence electrons. The Morgan fingerprint density at radius 1 is 1.22 bits per heavy atom. The highest BCUT2D eigenvalue weighted by Crippen LogP contribution is 2.49. The van der Waals surface area contributed by atoms with E-state index in [2.05, 4.69) is 15.9 Å². The first-order valence-electron chi connectivity index (χ1n) is 10.4. The van der Waals surface area contributed by atoms with Crippen LogP contribution in [0.15, 0.2) is 24.3 Å². The first-order valence-corrected chi connectivity index (χ1v) is 11.5. The number of carbonyl (C=O) groups is 4. The molecule has 1 spiro atoms. The van der Waals surface area contributed by atoms with Gasteiger partial charge in [0.05, 0.1) is 12.7 Å². The summed E-state index contributed by atoms with van der Waals surface area (Å²) in [6.45, 7) is 6.34. The molecule has 2 aliphatic rings. The highest BCUT2D eigenvalue weighted by Gasteiger charge is 2.65. The third kappa shape index (κ3) is 3.85. The third-order valence-electron chi connectivity index (χ3n) is 6.35. The lowest BCUT2D eigenvalue weighted by atomic mass is 9.64. The Hall–Kier alpha value is -2.62. The minimum Gasteiger partial charge on any atom is -0.465 e. The fraction of sp³-hybridized carbons (Fsp3) is 0.545. The number of benzene rings is 1. The molecule has 9 nitrogen and oxygen atoms in total. The van der Waals surface area contributed by atoms with E-state index >= 15 is 0 Å². The zero-order valence-electron chi connectivity index (χ0n) is 18.6. The van der Waals surface area contributed by atoms with E-state index in [9.17, 15) is 24.3 Å². The van der Waals surface area contributed by atoms with E-state index < -0.39 is 35.0 Å². The van der Waals surface area contributed by atoms with Gasteiger partial charge in [-0.1, -0.05) is 36.7 Å². The molecule has 2 unspecified atom stereocenters. The largest absolute Gasteiger partial charge is 0.465 e. The number of hydrogen-bond donors (Lipinski definition) is 1. The molecule has 1 N–H and O–H groups in total. The molecule has 2 saturated heterocycles. The average molecular weight is 510 g/mol. The van der Waals surface area contributed by atoms with E-state index in [1.54, 1.807) is 24.3 Å². The van der Waals surface area contributed by atoms with Crippen molar-refractivity contribution in [2.75, 3.05) is 37.0 Å². The minimum atomic E-state index is -1.23. The number of urea groups is 1. The van der Waals surface area contributed by atoms with Crippen molar-refractivity contribution in [1.29, 1.82) is 0 Å². The van der Waals surface area contributed by atoms with Crippen LogP contribution in [0.4, 0.5) is 15.3 Å². The molecule has 2 atom stereocenters. The summed E-state index contributed by atoms with van der Waals surface area (Å²) >= 11 is 3.32. The van der Waals surface area contributed by atoms with E-state index in [4.69, 9.17) is 4.74 Å². The molecule has 0 radical (unpaired) electrons. The minimum absolute atomic E-state index is 0.136. The number of halogens is 1. The molecular formula is C22H28BrN3O6. The van der Waals surface area contributed by atoms with Gasteiger partial charge in [-0.3, -0.25) is 14.6 Å². The number of carboxylic acid groups (broad SMARTS) is 1. The molecule has 0 saturated carbocycles. The molecule has 1 aromatic rings. The SMILES string of the molecule is COC(=O)c1ccc(N2C(=O)N(CCBr)C(=O)C23CCN(C(=O)O)CC3C(C)(C)C)cc1. The van der Waals surface area contributed by atoms with Crippen LogP contribution in [-0.4, -0.2) is 76.5 Å². The fourth-order valence-electron chi connectivity index (χ4n) is 4.82. The number of piperidine rings is 1. The summed E-state index contributed by atoms with van der Waals surface area (Å²) in [5.41, 5.74) is -0.894. The zero-order chi connectivity index (χ0) is 23.8. The quantitative estimate of drug-likeness (QED) is 0.378. The second kappa shape index (κ2) is 8.73. The van der Waals surface area contributed by atoms with E-state index in [0.717, 1.165) is 0 Å². The Balaban J connectivity index is 2.16. The summed E-state index contributed by atoms with van der Waals surface area (Å²) in [6, 6.07) is 5.91. The normalized spacial score (nSPS) is 23.8. The number of nitrogens with zero attached hydrogens (tertiary/aromatic N) is 3. The van der Waals surface area contributed by atoms with Gasteiger partial charge in [-0.2, -0.15) is 0 Å². The van der Waals surface area contributed by atoms with Crippen molar-refractivity contribution in [3.8, 4) is 0 Å². The van der Waals surface area contributed by atoms with Crippen molar-refractivity contribution < 1.29 is 29.0 Å². The molecule has 3 rings (SSSR count). The van der Waals surface area contributed by atoms with Crippen LogP contribution in [0, 0.1) is 11.3 Å². The van der Waals surface area contributed by atoms with E-state index in [1.807, 2.05) is 20.8 Å². The number of alkyl halides is 1. The van der Waals surface area contributed by atoms with Gasteiger partial charge in [0.15, 0.2) is 0 Å². The van der Waals surface area contributed by atoms with Crippen molar-refractivity contribution in [3.63, 3.8) is 0 Å². The van der Waals surface area contributed by atoms with Crippen molar-refractivity contribution in [1.82, 2.24) is 9.80 Å². The summed E-state index contributed by atoms with van der Waals surface area (Å²) in [5, 5.41) is 10.0. The van der Waals surface area contributed by atoms with Gasteiger partial charge in [0, 0.05) is 36.6 Å². The van der Waals surface area contributed by atoms with Crippen LogP contribution in [0.5, 0.6) is 0 Å². The highest BCUT2D eigenvalue weighted by molar-refractivity contribution is 9.09. The number of carbonyl (C=O) groups excluding carboxylic acids is 3. The second-order valence-electron chi connectivity index (χ2n) is 9.12. The van der Waals surface area contributed by atoms with Gasteiger partial charge >= 0.3 is 18.1 Å². The predicted molar refractivity (Wildman–Crippen MR) is 121 cm³/mol. The maximum atomic E-state index is 13.8. The van der Waals surface area contributed by atoms with Gasteiger partial charge in [-0.05, 0) is 36.1 Å². The molecule has 1 aromatic carbocycles. The lowest BCUT2D eigenvalue weighted by Crippen LogP contribution is -2.66. The van der Waals surface area contributed by atoms with Gasteiger partial charge in [0.1, 0.15) is 5.54 Å². The van der Waals surface area contributed by atoms with Gasteiger partial charge in [0.25, 0.3) is 5.91 Å². The molecule has 0 bridgehead atoms. The summed E-state index contributed by atoms with van der Waals surface area (Å²) in [5.74, 6) is -1.26. The maximum absolute atomic E-state index is 13.8. The topological polar surface area (TPSA) is 107 Å². The number of esters is 1. The molecule has 0 aromatic heterocycles. The highest BCUT2D eigenvalue weighted by atomic mass is 79.9. The first-order chi connectivity index (χ1) is 15.0. The van der Waals surface area contributed by atoms with Crippen LogP contribution in [0.1, 0.15) is 37.6 Å². The Bertz CT molecular complexity index is 929. The Morgan fingerprint density at radius 3 is 2.34 bits per heavy atom. The average Bonchev–Trinajstić information content (AvgIpc) is 2.94. The van der Waals surface area contributed by atoms with Crippen molar-refractivity contribution in [2.45, 2.75) is 32.7 Å². The summed E-state index contributed by atoms with van der Waals surface area (Å²) in [4.78, 5) is 55.0. The molecule has 2 heterocycles. The van der Waals surface area contributed by atoms with Gasteiger partial charge in [0.2, 0.25) is 0 Å². The monoisotopic (exact) mass is 509 g/mol. The summed E-state index contributed by atoms with van der Waals surface area (Å²) < 4.78 is 4.75. The molecule has 32 heavy (non-hydrogen) atoms. The number of amides is 4. The number of imide groups is 1. The molecule has 0 aliphatic carbocycles. The van der Waals surface area contributed by atoms with Crippen molar-refractivity contribution in [2.24, 2.45) is 11.3 Å². The number of rotatable bonds is 4. The smallest absolute Gasteiger partial charge is 0.407 e. The van der Waals surface area contributed by atoms with E-state index in [1.165, 1.54) is 21.8 Å². The van der Waals surface area contributed by atoms with Crippen LogP contribution < -0.4 is 4.90 Å². The molecule has 10 heteroatoms. The number of ether oxygens (including phenoxy) is 1. The predicted octanol–water partition coefficient (Wildman–Crippen LogP) is 3.42. The third-order valence-corrected chi connectivity index (χ3v) is 6.70. The first kappa shape index (κ1) is 24.0. The molecule has 2 aliphatic heterocycles. The summed E-state index contributed by atoms with van der Waals surface area (Å²) in [7, 11) is 1.29. The van der Waals surface area contributed by atoms with E-state index in [-0.39, 0.29) is 32.0 Å². The number of likely N-dealkylation sites (tertiary alicyclic amines) is 1. The van der Waals surface area contributed by atoms with E-state index in [0.29, 0.717) is 16.6 Å². The van der Waals surface area contributed by atoms with Crippen molar-refractivity contribution >= 4 is 45.6 Å². The van der Waals surface area contributed by atoms with Crippen LogP contribution in [0.3, 0.4) is 0 Å². The van der Waals surface area contributed by atoms with Gasteiger partial charge in [-0.15, -0.1) is 0 Å². The zero-order valence-corrected chi connectivity index (χ0v) is 20.2. The van der Waals surface area contributed by atoms with Crippen LogP contribution >= 0.6 is 15.9 Å². The van der Waals surface area contributed by atoms with Gasteiger partial charge < -0.3 is 14.7 Å². The van der Waals surface area contributed by atoms with Crippen molar-refractivity contribution in [3.05, 3.63) is 29.8 Å². The second-order valence-corrected chi connectivity index (χ2v) is 9.92. The Labute approximate surface area is 195 Å². The molecule has 4 amide bonds. The molecular weight excluding hydrogens is 482 g/mol. The Morgan fingerprint density at radius 2 is 1.84 bits per heavy atom. The number of hydrogen-bond acceptors (Lipinski definition) is 5. The lowest BCUT2D eigenvalue weighted by Gasteiger charge is -2.52. The lowest BCUT2D eigenvalue weighted by molar-refractivity contribution is -0.136. The standard InChI is InChI=1S/C22H28BrN3O6/c1-21(2,3)16-13-24(20(30)31)11-9-22(16)18(28)25(12-10-23)19(29)26(22)15-7-5-14(6-8-15)17(27)32-4/h5-8,16H,9-13H2,1-4H3,(H,30,31). The Kier molecular flexibility index (Phi) is 6.55. The number of anilines is 1. The van der Waals surface area contributed by atoms with Crippen LogP contribution in [0.2, 0.25) is 0 Å². The molecule has 2 fully saturated rings. The van der Waals surface area contributed by atoms with Gasteiger partial charge in [-0.25, -0.2) is 14.4 Å². The number of methoxy groups -OCH3 is 1. The summed E-state index contributed by atoms with van der Waals surface area (Å²) in [6.07, 6.45) is -0.860. The van der Waals surface area contributed by atoms with Crippen LogP contribution in [-0.2, 0) is 9.53 Å².